The Morgan fingerprint density at radius 2 is 0.416 bits per heavy atom. The van der Waals surface area contributed by atoms with Crippen molar-refractivity contribution in [3.05, 3.63) is 515 Å². The van der Waals surface area contributed by atoms with Crippen LogP contribution >= 0.6 is 45.3 Å². The highest BCUT2D eigenvalue weighted by molar-refractivity contribution is 7.26. The maximum absolute atomic E-state index is 2.47. The number of hydrogen-bond acceptors (Lipinski definition) is 5. The number of nitrogens with zero attached hydrogens (tertiary/aromatic N) is 5. The third-order valence-corrected chi connectivity index (χ3v) is 35.4. The van der Waals surface area contributed by atoms with Crippen LogP contribution in [0.25, 0.3) is 279 Å². The van der Waals surface area contributed by atoms with Crippen molar-refractivity contribution in [3.63, 3.8) is 0 Å². The second-order valence-corrected chi connectivity index (χ2v) is 43.4. The summed E-state index contributed by atoms with van der Waals surface area (Å²) in [4.78, 5) is 2.32. The molecule has 0 unspecified atom stereocenters. The molecule has 149 heavy (non-hydrogen) atoms. The van der Waals surface area contributed by atoms with Crippen molar-refractivity contribution < 1.29 is 0 Å². The normalized spacial score (nSPS) is 12.0. The second kappa shape index (κ2) is 34.2. The predicted octanol–water partition coefficient (Wildman–Crippen LogP) is 41.2. The number of para-hydroxylation sites is 10. The van der Waals surface area contributed by atoms with E-state index in [1.165, 1.54) is 279 Å². The van der Waals surface area contributed by atoms with Gasteiger partial charge in [-0.1, -0.05) is 273 Å². The lowest BCUT2D eigenvalue weighted by Gasteiger charge is -2.25. The van der Waals surface area contributed by atoms with Crippen LogP contribution in [0.3, 0.4) is 0 Å². The van der Waals surface area contributed by atoms with E-state index in [9.17, 15) is 0 Å². The van der Waals surface area contributed by atoms with E-state index in [0.29, 0.717) is 0 Å². The Balaban J connectivity index is 0.000000101. The summed E-state index contributed by atoms with van der Waals surface area (Å²) in [6.07, 6.45) is 0. The molecule has 0 spiro atoms. The van der Waals surface area contributed by atoms with Crippen LogP contribution < -0.4 is 4.90 Å². The molecule has 8 aromatic heterocycles. The highest BCUT2D eigenvalue weighted by Gasteiger charge is 2.27. The Morgan fingerprint density at radius 1 is 0.141 bits per heavy atom. The highest BCUT2D eigenvalue weighted by atomic mass is 32.1. The zero-order valence-electron chi connectivity index (χ0n) is 80.4. The van der Waals surface area contributed by atoms with Crippen LogP contribution in [0.5, 0.6) is 0 Å². The summed E-state index contributed by atoms with van der Waals surface area (Å²) >= 11 is 7.49. The second-order valence-electron chi connectivity index (χ2n) is 39.2. The predicted molar refractivity (Wildman–Crippen MR) is 647 cm³/mol. The number of benzene rings is 25. The molecule has 0 N–H and O–H groups in total. The molecule has 694 valence electrons. The lowest BCUT2D eigenvalue weighted by Crippen LogP contribution is -2.09. The minimum absolute atomic E-state index is 1.12. The molecule has 0 saturated heterocycles. The molecule has 0 bridgehead atoms. The minimum Gasteiger partial charge on any atom is -0.311 e. The number of rotatable bonds is 10. The maximum atomic E-state index is 2.47. The van der Waals surface area contributed by atoms with Crippen molar-refractivity contribution in [2.24, 2.45) is 0 Å². The van der Waals surface area contributed by atoms with Crippen LogP contribution in [0, 0.1) is 0 Å². The Hall–Kier alpha value is -18.3. The van der Waals surface area contributed by atoms with Gasteiger partial charge in [0.05, 0.1) is 44.1 Å². The van der Waals surface area contributed by atoms with Gasteiger partial charge in [-0.25, -0.2) is 0 Å². The van der Waals surface area contributed by atoms with Crippen molar-refractivity contribution in [3.8, 4) is 56.1 Å². The fraction of sp³-hybridized carbons (Fsp3) is 0. The molecule has 0 fully saturated rings. The molecule has 0 saturated carbocycles. The Kier molecular flexibility index (Phi) is 19.5. The van der Waals surface area contributed by atoms with Crippen LogP contribution in [-0.4, -0.2) is 18.3 Å². The Morgan fingerprint density at radius 3 is 0.799 bits per heavy atom. The van der Waals surface area contributed by atoms with E-state index in [2.05, 4.69) is 538 Å². The van der Waals surface area contributed by atoms with Crippen LogP contribution in [0.15, 0.2) is 515 Å². The monoisotopic (exact) mass is 1960 g/mol. The van der Waals surface area contributed by atoms with Crippen LogP contribution in [0.4, 0.5) is 17.1 Å². The topological polar surface area (TPSA) is 23.0 Å². The summed E-state index contributed by atoms with van der Waals surface area (Å²) in [5.41, 5.74) is 25.4. The van der Waals surface area contributed by atoms with Crippen molar-refractivity contribution >= 4 is 285 Å². The third kappa shape index (κ3) is 13.6. The Bertz CT molecular complexity index is 11300. The molecule has 9 heteroatoms. The van der Waals surface area contributed by atoms with Gasteiger partial charge < -0.3 is 23.2 Å². The SMILES string of the molecule is c1ccc(-n2c3ccccc3c3cc(-c4cc5cc6sc7ccccc7c6cc5c5cc6c(cc45)c4ccccc4n6-c4ccccc4)ccc32)cc1.c1ccc(-n2c3ccccc3c3cc4c(-c5csc6ccccc56)cc5cc6sc7ccccc7c6cc5c4cc32)cc1.c1ccc(N(c2ccccc2)c2ccc(-c3cc4cc5sc6ccccc6c5cc4c4cc5c(cc34)c3ccccc3n5-c3ccccc3)cc2)cc1. The van der Waals surface area contributed by atoms with Gasteiger partial charge in [0.15, 0.2) is 0 Å². The van der Waals surface area contributed by atoms with Gasteiger partial charge in [0.2, 0.25) is 0 Å². The largest absolute Gasteiger partial charge is 0.311 e. The zero-order chi connectivity index (χ0) is 97.6. The molecule has 33 aromatic rings. The van der Waals surface area contributed by atoms with Gasteiger partial charge in [-0.3, -0.25) is 0 Å². The van der Waals surface area contributed by atoms with Crippen molar-refractivity contribution in [1.82, 2.24) is 18.3 Å². The highest BCUT2D eigenvalue weighted by Crippen LogP contribution is 2.53. The lowest BCUT2D eigenvalue weighted by atomic mass is 9.91. The fourth-order valence-electron chi connectivity index (χ4n) is 24.3. The van der Waals surface area contributed by atoms with Crippen molar-refractivity contribution in [2.75, 3.05) is 4.90 Å². The first-order valence-electron chi connectivity index (χ1n) is 50.9. The fourth-order valence-corrected chi connectivity index (χ4v) is 28.7. The van der Waals surface area contributed by atoms with E-state index in [4.69, 9.17) is 0 Å². The smallest absolute Gasteiger partial charge is 0.0547 e. The number of aromatic nitrogens is 4. The minimum atomic E-state index is 1.12. The molecule has 0 radical (unpaired) electrons. The number of hydrogen-bond donors (Lipinski definition) is 0. The average Bonchev–Trinajstić information content (AvgIpc) is 1.64. The molecule has 0 aliphatic heterocycles. The van der Waals surface area contributed by atoms with Gasteiger partial charge >= 0.3 is 0 Å². The maximum Gasteiger partial charge on any atom is 0.0547 e. The molecule has 33 rings (SSSR count). The first-order chi connectivity index (χ1) is 73.9. The van der Waals surface area contributed by atoms with Gasteiger partial charge in [-0.15, -0.1) is 45.3 Å². The van der Waals surface area contributed by atoms with Crippen LogP contribution in [-0.2, 0) is 0 Å². The summed E-state index contributed by atoms with van der Waals surface area (Å²) in [6.45, 7) is 0. The van der Waals surface area contributed by atoms with E-state index < -0.39 is 0 Å². The van der Waals surface area contributed by atoms with E-state index in [-0.39, 0.29) is 0 Å². The summed E-state index contributed by atoms with van der Waals surface area (Å²) < 4.78 is 19.0. The molecule has 0 aliphatic carbocycles. The van der Waals surface area contributed by atoms with Crippen molar-refractivity contribution in [2.45, 2.75) is 0 Å². The molecule has 8 heterocycles. The first kappa shape index (κ1) is 85.1. The summed E-state index contributed by atoms with van der Waals surface area (Å²) in [6, 6.07) is 188. The summed E-state index contributed by atoms with van der Waals surface area (Å²) in [7, 11) is 0. The number of fused-ring (bicyclic) bond motifs is 31. The van der Waals surface area contributed by atoms with Crippen LogP contribution in [0.2, 0.25) is 0 Å². The van der Waals surface area contributed by atoms with Gasteiger partial charge in [-0.05, 0) is 334 Å². The molecular formula is C140H85N5S4. The van der Waals surface area contributed by atoms with Crippen LogP contribution in [0.1, 0.15) is 0 Å². The van der Waals surface area contributed by atoms with Crippen molar-refractivity contribution in [1.29, 1.82) is 0 Å². The standard InChI is InChI=1S/C50H30N2S.C50H32N2S.C40H23NS2/c1-3-13-33(14-4-1)51-45-20-10-7-17-35(45)42-25-31(23-24-47(42)51)38-26-32-27-50-44(37-19-9-12-22-49(37)53-50)28-39(32)41-30-48-43(29-40(38)41)36-18-8-11-21-46(36)52(48)34-15-5-2-6-16-34;1-4-14-35(15-5-1)51(36-16-6-2-7-17-36)38-26-24-33(25-27-38)41-28-34-29-50-46(40-21-11-13-23-49(40)53-50)30-42(34)44-32-48-45(31-43(41)44)39-20-10-12-22-47(39)52(48)37-18-8-3-9-19-37;1-2-10-25(11-3-1)41-36-15-7-4-12-26(36)33-21-31-30(35-23-42-38-16-8-5-14-28(35)38)18-24-19-40-34(20-29(24)32(31)22-37(33)41)27-13-6-9-17-39(27)43-40/h1-30H;1-32H;1-23H. The Labute approximate surface area is 871 Å². The molecule has 25 aromatic carbocycles. The molecule has 0 aliphatic rings. The van der Waals surface area contributed by atoms with E-state index >= 15 is 0 Å². The molecule has 0 atom stereocenters. The average molecular weight is 1970 g/mol. The van der Waals surface area contributed by atoms with Gasteiger partial charge in [0, 0.05) is 159 Å². The molecule has 5 nitrogen and oxygen atoms in total. The quantitative estimate of drug-likeness (QED) is 0.125. The first-order valence-corrected chi connectivity index (χ1v) is 54.2. The number of thiophene rings is 4. The lowest BCUT2D eigenvalue weighted by molar-refractivity contribution is 1.18. The third-order valence-electron chi connectivity index (χ3n) is 31.0. The summed E-state index contributed by atoms with van der Waals surface area (Å²) in [5, 5.41) is 37.1. The van der Waals surface area contributed by atoms with E-state index in [1.807, 2.05) is 45.3 Å². The van der Waals surface area contributed by atoms with E-state index in [0.717, 1.165) is 17.1 Å². The van der Waals surface area contributed by atoms with Gasteiger partial charge in [0.1, 0.15) is 0 Å². The van der Waals surface area contributed by atoms with Gasteiger partial charge in [0.25, 0.3) is 0 Å². The molecular weight excluding hydrogens is 1880 g/mol. The zero-order valence-corrected chi connectivity index (χ0v) is 83.7. The summed E-state index contributed by atoms with van der Waals surface area (Å²) in [5.74, 6) is 0. The van der Waals surface area contributed by atoms with E-state index in [1.54, 1.807) is 0 Å². The number of anilines is 3. The van der Waals surface area contributed by atoms with Gasteiger partial charge in [-0.2, -0.15) is 0 Å². The molecule has 0 amide bonds.